The summed E-state index contributed by atoms with van der Waals surface area (Å²) in [6.45, 7) is 5.90. The van der Waals surface area contributed by atoms with Crippen molar-refractivity contribution in [3.05, 3.63) is 0 Å². The molecular formula is C12H24N2O5S. The number of hydrogen-bond acceptors (Lipinski definition) is 5. The first-order valence-electron chi connectivity index (χ1n) is 6.56. The summed E-state index contributed by atoms with van der Waals surface area (Å²) in [5, 5.41) is 2.53. The highest BCUT2D eigenvalue weighted by atomic mass is 32.2. The lowest BCUT2D eigenvalue weighted by atomic mass is 10.0. The van der Waals surface area contributed by atoms with Gasteiger partial charge in [-0.05, 0) is 19.3 Å². The lowest BCUT2D eigenvalue weighted by Crippen LogP contribution is -2.47. The molecule has 0 saturated carbocycles. The van der Waals surface area contributed by atoms with Crippen LogP contribution in [-0.4, -0.2) is 45.7 Å². The van der Waals surface area contributed by atoms with Crippen molar-refractivity contribution >= 4 is 21.9 Å². The number of rotatable bonds is 9. The molecule has 0 aromatic heterocycles. The highest BCUT2D eigenvalue weighted by Gasteiger charge is 2.22. The number of carbonyl (C=O) groups excluding carboxylic acids is 2. The van der Waals surface area contributed by atoms with E-state index in [1.54, 1.807) is 6.92 Å². The number of sulfonamides is 1. The standard InChI is InChI=1S/C12H24N2O5S/c1-5-19-11(15)6-7-13-12(16)10(8-9(2)3)14-20(4,17)18/h9-10,14H,5-8H2,1-4H3,(H,13,16). The minimum Gasteiger partial charge on any atom is -0.466 e. The van der Waals surface area contributed by atoms with Gasteiger partial charge in [0, 0.05) is 6.54 Å². The zero-order valence-corrected chi connectivity index (χ0v) is 13.2. The van der Waals surface area contributed by atoms with Gasteiger partial charge in [0.05, 0.1) is 19.3 Å². The molecule has 0 rings (SSSR count). The van der Waals surface area contributed by atoms with Gasteiger partial charge in [0.1, 0.15) is 6.04 Å². The average molecular weight is 308 g/mol. The first-order valence-corrected chi connectivity index (χ1v) is 8.45. The minimum atomic E-state index is -3.47. The third-order valence-corrected chi connectivity index (χ3v) is 3.03. The van der Waals surface area contributed by atoms with E-state index in [0.29, 0.717) is 13.0 Å². The molecule has 0 aliphatic heterocycles. The smallest absolute Gasteiger partial charge is 0.307 e. The number of amides is 1. The van der Waals surface area contributed by atoms with Gasteiger partial charge in [-0.2, -0.15) is 0 Å². The fourth-order valence-corrected chi connectivity index (χ4v) is 2.30. The summed E-state index contributed by atoms with van der Waals surface area (Å²) in [5.74, 6) is -0.678. The topological polar surface area (TPSA) is 102 Å². The molecule has 0 saturated heterocycles. The lowest BCUT2D eigenvalue weighted by molar-refractivity contribution is -0.143. The second-order valence-corrected chi connectivity index (χ2v) is 6.70. The van der Waals surface area contributed by atoms with Gasteiger partial charge in [0.15, 0.2) is 0 Å². The van der Waals surface area contributed by atoms with Crippen LogP contribution in [0.3, 0.4) is 0 Å². The van der Waals surface area contributed by atoms with Crippen LogP contribution < -0.4 is 10.0 Å². The molecule has 0 fully saturated rings. The normalized spacial score (nSPS) is 13.1. The predicted molar refractivity (Wildman–Crippen MR) is 75.5 cm³/mol. The third kappa shape index (κ3) is 9.74. The maximum absolute atomic E-state index is 11.9. The third-order valence-electron chi connectivity index (χ3n) is 2.31. The van der Waals surface area contributed by atoms with Crippen molar-refractivity contribution in [3.63, 3.8) is 0 Å². The molecule has 1 atom stereocenters. The summed E-state index contributed by atoms with van der Waals surface area (Å²) in [5.41, 5.74) is 0. The summed E-state index contributed by atoms with van der Waals surface area (Å²) in [4.78, 5) is 23.0. The van der Waals surface area contributed by atoms with Crippen molar-refractivity contribution in [3.8, 4) is 0 Å². The first kappa shape index (κ1) is 18.9. The Balaban J connectivity index is 4.37. The van der Waals surface area contributed by atoms with Crippen molar-refractivity contribution in [2.75, 3.05) is 19.4 Å². The SMILES string of the molecule is CCOC(=O)CCNC(=O)C(CC(C)C)NS(C)(=O)=O. The van der Waals surface area contributed by atoms with E-state index >= 15 is 0 Å². The molecular weight excluding hydrogens is 284 g/mol. The van der Waals surface area contributed by atoms with Gasteiger partial charge in [0.25, 0.3) is 0 Å². The molecule has 7 nitrogen and oxygen atoms in total. The largest absolute Gasteiger partial charge is 0.466 e. The maximum Gasteiger partial charge on any atom is 0.307 e. The molecule has 0 heterocycles. The highest BCUT2D eigenvalue weighted by Crippen LogP contribution is 2.06. The van der Waals surface area contributed by atoms with E-state index < -0.39 is 27.9 Å². The Bertz CT molecular complexity index is 420. The van der Waals surface area contributed by atoms with Crippen LogP contribution in [0.25, 0.3) is 0 Å². The molecule has 1 amide bonds. The van der Waals surface area contributed by atoms with Crippen molar-refractivity contribution in [2.45, 2.75) is 39.7 Å². The van der Waals surface area contributed by atoms with E-state index in [1.807, 2.05) is 13.8 Å². The average Bonchev–Trinajstić information content (AvgIpc) is 2.25. The van der Waals surface area contributed by atoms with Crippen LogP contribution in [0.5, 0.6) is 0 Å². The summed E-state index contributed by atoms with van der Waals surface area (Å²) >= 11 is 0. The first-order chi connectivity index (χ1) is 9.15. The number of carbonyl (C=O) groups is 2. The summed E-state index contributed by atoms with van der Waals surface area (Å²) in [6, 6.07) is -0.827. The van der Waals surface area contributed by atoms with Crippen molar-refractivity contribution < 1.29 is 22.7 Å². The van der Waals surface area contributed by atoms with Crippen LogP contribution in [0.15, 0.2) is 0 Å². The molecule has 0 bridgehead atoms. The second-order valence-electron chi connectivity index (χ2n) is 4.92. The Morgan fingerprint density at radius 3 is 2.30 bits per heavy atom. The maximum atomic E-state index is 11.9. The molecule has 118 valence electrons. The van der Waals surface area contributed by atoms with Crippen molar-refractivity contribution in [2.24, 2.45) is 5.92 Å². The highest BCUT2D eigenvalue weighted by molar-refractivity contribution is 7.88. The molecule has 0 aliphatic carbocycles. The Morgan fingerprint density at radius 1 is 1.25 bits per heavy atom. The monoisotopic (exact) mass is 308 g/mol. The molecule has 1 unspecified atom stereocenters. The zero-order chi connectivity index (χ0) is 15.8. The molecule has 0 aromatic rings. The number of hydrogen-bond donors (Lipinski definition) is 2. The van der Waals surface area contributed by atoms with Crippen LogP contribution in [0.1, 0.15) is 33.6 Å². The molecule has 0 aliphatic rings. The van der Waals surface area contributed by atoms with Gasteiger partial charge in [-0.15, -0.1) is 0 Å². The lowest BCUT2D eigenvalue weighted by Gasteiger charge is -2.18. The molecule has 0 aromatic carbocycles. The van der Waals surface area contributed by atoms with Crippen LogP contribution in [0, 0.1) is 5.92 Å². The van der Waals surface area contributed by atoms with Gasteiger partial charge >= 0.3 is 5.97 Å². The molecule has 0 spiro atoms. The Morgan fingerprint density at radius 2 is 1.85 bits per heavy atom. The van der Waals surface area contributed by atoms with E-state index in [1.165, 1.54) is 0 Å². The van der Waals surface area contributed by atoms with Gasteiger partial charge in [-0.1, -0.05) is 13.8 Å². The van der Waals surface area contributed by atoms with Gasteiger partial charge < -0.3 is 10.1 Å². The number of esters is 1. The van der Waals surface area contributed by atoms with E-state index in [-0.39, 0.29) is 18.9 Å². The minimum absolute atomic E-state index is 0.0624. The summed E-state index contributed by atoms with van der Waals surface area (Å²) in [6.07, 6.45) is 1.46. The van der Waals surface area contributed by atoms with E-state index in [9.17, 15) is 18.0 Å². The van der Waals surface area contributed by atoms with Crippen molar-refractivity contribution in [1.82, 2.24) is 10.0 Å². The van der Waals surface area contributed by atoms with Crippen LogP contribution >= 0.6 is 0 Å². The molecule has 8 heteroatoms. The Labute approximate surface area is 120 Å². The second kappa shape index (κ2) is 8.91. The number of nitrogens with one attached hydrogen (secondary N) is 2. The van der Waals surface area contributed by atoms with E-state index in [4.69, 9.17) is 4.74 Å². The van der Waals surface area contributed by atoms with Gasteiger partial charge in [-0.25, -0.2) is 13.1 Å². The van der Waals surface area contributed by atoms with E-state index in [0.717, 1.165) is 6.26 Å². The van der Waals surface area contributed by atoms with Gasteiger partial charge in [-0.3, -0.25) is 9.59 Å². The zero-order valence-electron chi connectivity index (χ0n) is 12.4. The van der Waals surface area contributed by atoms with Crippen LogP contribution in [0.4, 0.5) is 0 Å². The summed E-state index contributed by atoms with van der Waals surface area (Å²) < 4.78 is 29.5. The fraction of sp³-hybridized carbons (Fsp3) is 0.833. The predicted octanol–water partition coefficient (Wildman–Crippen LogP) is 0.0197. The Hall–Kier alpha value is -1.15. The van der Waals surface area contributed by atoms with E-state index in [2.05, 4.69) is 10.0 Å². The van der Waals surface area contributed by atoms with Crippen LogP contribution in [-0.2, 0) is 24.3 Å². The Kier molecular flexibility index (Phi) is 8.40. The van der Waals surface area contributed by atoms with Crippen molar-refractivity contribution in [1.29, 1.82) is 0 Å². The summed E-state index contributed by atoms with van der Waals surface area (Å²) in [7, 11) is -3.47. The quantitative estimate of drug-likeness (QED) is 0.585. The molecule has 0 radical (unpaired) electrons. The number of ether oxygens (including phenoxy) is 1. The van der Waals surface area contributed by atoms with Gasteiger partial charge in [0.2, 0.25) is 15.9 Å². The molecule has 2 N–H and O–H groups in total. The molecule has 20 heavy (non-hydrogen) atoms. The van der Waals surface area contributed by atoms with Crippen LogP contribution in [0.2, 0.25) is 0 Å². The fourth-order valence-electron chi connectivity index (χ4n) is 1.58.